The second kappa shape index (κ2) is 7.44. The van der Waals surface area contributed by atoms with Crippen LogP contribution >= 0.6 is 11.3 Å². The van der Waals surface area contributed by atoms with Gasteiger partial charge in [-0.05, 0) is 43.7 Å². The minimum atomic E-state index is -0.336. The lowest BCUT2D eigenvalue weighted by molar-refractivity contribution is 0.102. The smallest absolute Gasteiger partial charge is 0.282 e. The first-order valence-electron chi connectivity index (χ1n) is 9.02. The highest BCUT2D eigenvalue weighted by Crippen LogP contribution is 2.28. The Labute approximate surface area is 165 Å². The van der Waals surface area contributed by atoms with Crippen LogP contribution < -0.4 is 15.6 Å². The number of thiazole rings is 1. The zero-order valence-corrected chi connectivity index (χ0v) is 16.4. The number of carbonyl (C=O) groups is 1. The predicted octanol–water partition coefficient (Wildman–Crippen LogP) is 4.26. The van der Waals surface area contributed by atoms with E-state index in [-0.39, 0.29) is 17.2 Å². The third-order valence-electron chi connectivity index (χ3n) is 4.30. The second-order valence-corrected chi connectivity index (χ2v) is 7.51. The Hall–Kier alpha value is -3.19. The van der Waals surface area contributed by atoms with Crippen molar-refractivity contribution in [3.05, 3.63) is 70.1 Å². The monoisotopic (exact) mass is 393 g/mol. The van der Waals surface area contributed by atoms with E-state index in [1.54, 1.807) is 12.1 Å². The molecule has 0 fully saturated rings. The average Bonchev–Trinajstić information content (AvgIpc) is 3.07. The van der Waals surface area contributed by atoms with Crippen LogP contribution in [0.25, 0.3) is 15.2 Å². The highest BCUT2D eigenvalue weighted by atomic mass is 32.1. The maximum Gasteiger partial charge on any atom is 0.282 e. The number of benzene rings is 2. The number of rotatable bonds is 5. The molecule has 0 bridgehead atoms. The van der Waals surface area contributed by atoms with E-state index in [9.17, 15) is 9.59 Å². The van der Waals surface area contributed by atoms with Gasteiger partial charge in [0.2, 0.25) is 0 Å². The summed E-state index contributed by atoms with van der Waals surface area (Å²) < 4.78 is 8.09. The van der Waals surface area contributed by atoms with Crippen LogP contribution in [-0.4, -0.2) is 21.9 Å². The number of nitrogens with one attached hydrogen (secondary N) is 1. The largest absolute Gasteiger partial charge is 0.494 e. The fraction of sp³-hybridized carbons (Fsp3) is 0.190. The lowest BCUT2D eigenvalue weighted by Crippen LogP contribution is -2.22. The van der Waals surface area contributed by atoms with Crippen molar-refractivity contribution in [1.29, 1.82) is 0 Å². The molecule has 2 aromatic heterocycles. The predicted molar refractivity (Wildman–Crippen MR) is 112 cm³/mol. The van der Waals surface area contributed by atoms with Gasteiger partial charge in [0.25, 0.3) is 11.5 Å². The lowest BCUT2D eigenvalue weighted by Gasteiger charge is -2.06. The Bertz CT molecular complexity index is 1240. The molecule has 28 heavy (non-hydrogen) atoms. The van der Waals surface area contributed by atoms with Gasteiger partial charge in [-0.2, -0.15) is 0 Å². The number of carbonyl (C=O) groups excluding carboxylic acids is 1. The summed E-state index contributed by atoms with van der Waals surface area (Å²) in [5.74, 6) is 0.430. The summed E-state index contributed by atoms with van der Waals surface area (Å²) >= 11 is 1.41. The van der Waals surface area contributed by atoms with Crippen molar-refractivity contribution in [1.82, 2.24) is 9.38 Å². The standard InChI is InChI=1S/C21H19N3O3S/c1-3-9-27-15-7-8-17-18(11-15)28-21-22-12-16(20(26)24(17)21)23-19(25)14-6-4-5-13(2)10-14/h4-8,10-12H,3,9H2,1-2H3,(H,23,25). The lowest BCUT2D eigenvalue weighted by atomic mass is 10.1. The van der Waals surface area contributed by atoms with Gasteiger partial charge in [0.1, 0.15) is 11.4 Å². The van der Waals surface area contributed by atoms with Gasteiger partial charge >= 0.3 is 0 Å². The molecule has 0 aliphatic rings. The molecule has 142 valence electrons. The summed E-state index contributed by atoms with van der Waals surface area (Å²) in [7, 11) is 0. The number of ether oxygens (including phenoxy) is 1. The summed E-state index contributed by atoms with van der Waals surface area (Å²) in [5, 5.41) is 2.68. The number of hydrogen-bond donors (Lipinski definition) is 1. The van der Waals surface area contributed by atoms with Crippen molar-refractivity contribution in [2.24, 2.45) is 0 Å². The molecule has 0 atom stereocenters. The van der Waals surface area contributed by atoms with Gasteiger partial charge in [0.15, 0.2) is 4.96 Å². The molecule has 0 saturated heterocycles. The highest BCUT2D eigenvalue weighted by molar-refractivity contribution is 7.23. The van der Waals surface area contributed by atoms with E-state index < -0.39 is 0 Å². The zero-order valence-electron chi connectivity index (χ0n) is 15.6. The maximum atomic E-state index is 13.0. The molecule has 7 heteroatoms. The minimum Gasteiger partial charge on any atom is -0.494 e. The quantitative estimate of drug-likeness (QED) is 0.550. The maximum absolute atomic E-state index is 13.0. The van der Waals surface area contributed by atoms with Crippen LogP contribution in [-0.2, 0) is 0 Å². The van der Waals surface area contributed by atoms with Gasteiger partial charge < -0.3 is 10.1 Å². The summed E-state index contributed by atoms with van der Waals surface area (Å²) in [6.07, 6.45) is 2.34. The molecule has 0 aliphatic heterocycles. The van der Waals surface area contributed by atoms with Crippen molar-refractivity contribution in [3.63, 3.8) is 0 Å². The van der Waals surface area contributed by atoms with E-state index in [0.717, 1.165) is 28.0 Å². The molecule has 0 unspecified atom stereocenters. The molecule has 6 nitrogen and oxygen atoms in total. The molecule has 0 radical (unpaired) electrons. The van der Waals surface area contributed by atoms with E-state index in [1.807, 2.05) is 44.2 Å². The average molecular weight is 393 g/mol. The van der Waals surface area contributed by atoms with E-state index in [0.29, 0.717) is 17.1 Å². The van der Waals surface area contributed by atoms with Crippen molar-refractivity contribution in [2.45, 2.75) is 20.3 Å². The topological polar surface area (TPSA) is 72.7 Å². The number of anilines is 1. The number of nitrogens with zero attached hydrogens (tertiary/aromatic N) is 2. The van der Waals surface area contributed by atoms with Crippen LogP contribution in [0.4, 0.5) is 5.69 Å². The van der Waals surface area contributed by atoms with E-state index in [1.165, 1.54) is 21.9 Å². The molecule has 2 aromatic carbocycles. The number of aryl methyl sites for hydroxylation is 1. The van der Waals surface area contributed by atoms with Gasteiger partial charge in [-0.1, -0.05) is 36.0 Å². The Morgan fingerprint density at radius 1 is 1.25 bits per heavy atom. The van der Waals surface area contributed by atoms with Crippen molar-refractivity contribution in [2.75, 3.05) is 11.9 Å². The van der Waals surface area contributed by atoms with Gasteiger partial charge in [0, 0.05) is 5.56 Å². The van der Waals surface area contributed by atoms with Gasteiger partial charge in [-0.3, -0.25) is 9.59 Å². The molecule has 4 rings (SSSR count). The molecule has 1 amide bonds. The van der Waals surface area contributed by atoms with Gasteiger partial charge in [0.05, 0.1) is 23.0 Å². The fourth-order valence-electron chi connectivity index (χ4n) is 2.96. The molecule has 0 saturated carbocycles. The number of amides is 1. The van der Waals surface area contributed by atoms with Crippen LogP contribution in [0.1, 0.15) is 29.3 Å². The number of fused-ring (bicyclic) bond motifs is 3. The molecule has 2 heterocycles. The summed E-state index contributed by atoms with van der Waals surface area (Å²) in [6.45, 7) is 4.60. The fourth-order valence-corrected chi connectivity index (χ4v) is 3.97. The van der Waals surface area contributed by atoms with Gasteiger partial charge in [-0.25, -0.2) is 9.38 Å². The Balaban J connectivity index is 1.72. The van der Waals surface area contributed by atoms with Crippen LogP contribution in [0.2, 0.25) is 0 Å². The highest BCUT2D eigenvalue weighted by Gasteiger charge is 2.14. The van der Waals surface area contributed by atoms with Crippen LogP contribution in [0, 0.1) is 6.92 Å². The Kier molecular flexibility index (Phi) is 4.83. The third-order valence-corrected chi connectivity index (χ3v) is 5.32. The van der Waals surface area contributed by atoms with Crippen LogP contribution in [0.15, 0.2) is 53.5 Å². The molecule has 1 N–H and O–H groups in total. The molecule has 0 aliphatic carbocycles. The van der Waals surface area contributed by atoms with E-state index >= 15 is 0 Å². The van der Waals surface area contributed by atoms with Crippen LogP contribution in [0.3, 0.4) is 0 Å². The van der Waals surface area contributed by atoms with Crippen molar-refractivity contribution >= 4 is 38.1 Å². The first kappa shape index (κ1) is 18.2. The van der Waals surface area contributed by atoms with Crippen molar-refractivity contribution < 1.29 is 9.53 Å². The second-order valence-electron chi connectivity index (χ2n) is 6.50. The molecular formula is C21H19N3O3S. The normalized spacial score (nSPS) is 11.1. The molecule has 0 spiro atoms. The van der Waals surface area contributed by atoms with E-state index in [2.05, 4.69) is 10.3 Å². The third kappa shape index (κ3) is 3.36. The SMILES string of the molecule is CCCOc1ccc2c(c1)sc1ncc(NC(=O)c3cccc(C)c3)c(=O)n12. The summed E-state index contributed by atoms with van der Waals surface area (Å²) in [6, 6.07) is 12.8. The first-order valence-corrected chi connectivity index (χ1v) is 9.83. The minimum absolute atomic E-state index is 0.148. The van der Waals surface area contributed by atoms with E-state index in [4.69, 9.17) is 4.74 Å². The summed E-state index contributed by atoms with van der Waals surface area (Å²) in [5.41, 5.74) is 2.06. The number of hydrogen-bond acceptors (Lipinski definition) is 5. The summed E-state index contributed by atoms with van der Waals surface area (Å²) in [4.78, 5) is 30.4. The Morgan fingerprint density at radius 3 is 2.89 bits per heavy atom. The molecular weight excluding hydrogens is 374 g/mol. The van der Waals surface area contributed by atoms with Gasteiger partial charge in [-0.15, -0.1) is 0 Å². The molecule has 4 aromatic rings. The number of aromatic nitrogens is 2. The van der Waals surface area contributed by atoms with Crippen molar-refractivity contribution in [3.8, 4) is 5.75 Å². The Morgan fingerprint density at radius 2 is 2.11 bits per heavy atom. The first-order chi connectivity index (χ1) is 13.6. The zero-order chi connectivity index (χ0) is 19.7. The van der Waals surface area contributed by atoms with Crippen LogP contribution in [0.5, 0.6) is 5.75 Å².